The molecule has 0 radical (unpaired) electrons. The Morgan fingerprint density at radius 2 is 0.536 bits per heavy atom. The van der Waals surface area contributed by atoms with E-state index >= 15 is 0 Å². The maximum atomic E-state index is 5.24. The van der Waals surface area contributed by atoms with Crippen molar-refractivity contribution in [1.82, 2.24) is 9.97 Å². The van der Waals surface area contributed by atoms with Gasteiger partial charge in [-0.05, 0) is 148 Å². The van der Waals surface area contributed by atoms with Crippen LogP contribution < -0.4 is 0 Å². The fourth-order valence-electron chi connectivity index (χ4n) is 14.8. The first kappa shape index (κ1) is 60.7. The Labute approximate surface area is 508 Å². The van der Waals surface area contributed by atoms with E-state index in [2.05, 4.69) is 193 Å². The predicted molar refractivity (Wildman–Crippen MR) is 363 cm³/mol. The van der Waals surface area contributed by atoms with Crippen LogP contribution in [0.5, 0.6) is 0 Å². The van der Waals surface area contributed by atoms with Crippen LogP contribution in [0.3, 0.4) is 0 Å². The van der Waals surface area contributed by atoms with Crippen molar-refractivity contribution in [3.05, 3.63) is 191 Å². The van der Waals surface area contributed by atoms with Gasteiger partial charge in [0.15, 0.2) is 0 Å². The highest BCUT2D eigenvalue weighted by atomic mass is 14.7. The molecule has 0 N–H and O–H groups in total. The van der Waals surface area contributed by atoms with Gasteiger partial charge < -0.3 is 0 Å². The second-order valence-corrected chi connectivity index (χ2v) is 25.9. The zero-order chi connectivity index (χ0) is 58.1. The van der Waals surface area contributed by atoms with Crippen molar-refractivity contribution >= 4 is 0 Å². The molecule has 0 saturated heterocycles. The number of hydrogen-bond donors (Lipinski definition) is 0. The summed E-state index contributed by atoms with van der Waals surface area (Å²) in [6.45, 7) is 13.7. The molecule has 8 aromatic rings. The second kappa shape index (κ2) is 29.6. The van der Waals surface area contributed by atoms with Gasteiger partial charge in [-0.25, -0.2) is 0 Å². The first-order chi connectivity index (χ1) is 41.3. The Kier molecular flexibility index (Phi) is 21.4. The molecule has 2 heteroatoms. The minimum absolute atomic E-state index is 0.0435. The fraction of sp³-hybridized carbons (Fsp3) is 0.439. The minimum Gasteiger partial charge on any atom is -0.256 e. The largest absolute Gasteiger partial charge is 0.256 e. The Morgan fingerprint density at radius 3 is 0.893 bits per heavy atom. The van der Waals surface area contributed by atoms with E-state index in [4.69, 9.17) is 9.97 Å². The third-order valence-electron chi connectivity index (χ3n) is 19.7. The lowest BCUT2D eigenvalue weighted by atomic mass is 9.70. The number of rotatable bonds is 33. The normalized spacial score (nSPS) is 13.5. The first-order valence-electron chi connectivity index (χ1n) is 33.9. The quantitative estimate of drug-likeness (QED) is 0.0383. The summed E-state index contributed by atoms with van der Waals surface area (Å²) >= 11 is 0. The molecular weight excluding hydrogens is 1010 g/mol. The lowest BCUT2D eigenvalue weighted by molar-refractivity contribution is 0.398. The maximum Gasteiger partial charge on any atom is 0.0702 e. The number of unbranched alkanes of at least 4 members (excludes halogenated alkanes) is 20. The lowest BCUT2D eigenvalue weighted by Crippen LogP contribution is -2.25. The lowest BCUT2D eigenvalue weighted by Gasteiger charge is -2.33. The van der Waals surface area contributed by atoms with E-state index in [0.29, 0.717) is 0 Å². The van der Waals surface area contributed by atoms with Crippen molar-refractivity contribution in [2.24, 2.45) is 0 Å². The number of aryl methyl sites for hydroxylation is 2. The number of fused-ring (bicyclic) bond motifs is 6. The van der Waals surface area contributed by atoms with E-state index in [1.165, 1.54) is 258 Å². The van der Waals surface area contributed by atoms with Crippen molar-refractivity contribution in [3.63, 3.8) is 0 Å². The van der Waals surface area contributed by atoms with Crippen LogP contribution in [-0.4, -0.2) is 9.97 Å². The summed E-state index contributed by atoms with van der Waals surface area (Å²) < 4.78 is 0. The highest BCUT2D eigenvalue weighted by Crippen LogP contribution is 2.57. The van der Waals surface area contributed by atoms with Crippen LogP contribution >= 0.6 is 0 Å². The molecule has 0 fully saturated rings. The average Bonchev–Trinajstić information content (AvgIpc) is 2.13. The van der Waals surface area contributed by atoms with Gasteiger partial charge in [-0.1, -0.05) is 303 Å². The van der Waals surface area contributed by atoms with E-state index in [0.717, 1.165) is 22.5 Å². The van der Waals surface area contributed by atoms with Gasteiger partial charge >= 0.3 is 0 Å². The zero-order valence-corrected chi connectivity index (χ0v) is 52.7. The van der Waals surface area contributed by atoms with Crippen LogP contribution in [0.25, 0.3) is 78.1 Å². The molecule has 10 rings (SSSR count). The minimum atomic E-state index is -0.0435. The van der Waals surface area contributed by atoms with Crippen LogP contribution in [0.4, 0.5) is 0 Å². The standard InChI is InChI=1S/C82H100N2/c1-7-11-15-19-23-27-51-81(52-28-24-20-16-12-8-2)75-55-61(5)31-45-71(75)72-46-41-67(56-76(72)81)64-35-39-66(40-36-64)80-50-44-70(60-84-80)69-43-48-74-73-47-42-68(63-33-37-65(38-34-63)79-49-32-62(6)59-83-79)57-77(73)82(78(74)58-69,53-29-25-21-17-13-9-3)54-30-26-22-18-14-10-4/h31-50,55-60H,7-30,51-54H2,1-6H3. The van der Waals surface area contributed by atoms with Gasteiger partial charge in [-0.15, -0.1) is 0 Å². The molecule has 6 aromatic carbocycles. The Hall–Kier alpha value is -6.38. The van der Waals surface area contributed by atoms with Gasteiger partial charge in [0.25, 0.3) is 0 Å². The van der Waals surface area contributed by atoms with Crippen LogP contribution in [-0.2, 0) is 10.8 Å². The van der Waals surface area contributed by atoms with Crippen LogP contribution in [0.15, 0.2) is 158 Å². The molecule has 0 saturated carbocycles. The van der Waals surface area contributed by atoms with Crippen LogP contribution in [0.1, 0.15) is 241 Å². The Bertz CT molecular complexity index is 3310. The SMILES string of the molecule is CCCCCCCCC1(CCCCCCCC)c2cc(C)ccc2-c2ccc(-c3ccc(-c4ccc(-c5ccc6c(c5)C(CCCCCCCC)(CCCCCCCC)c5cc(-c7ccc(-c8ccc(C)cn8)cc7)ccc5-6)cn4)cc3)cc21. The third kappa shape index (κ3) is 14.0. The first-order valence-corrected chi connectivity index (χ1v) is 33.9. The molecular formula is C82H100N2. The summed E-state index contributed by atoms with van der Waals surface area (Å²) in [5.74, 6) is 0. The summed E-state index contributed by atoms with van der Waals surface area (Å²) in [5, 5.41) is 0. The van der Waals surface area contributed by atoms with Crippen molar-refractivity contribution < 1.29 is 0 Å². The van der Waals surface area contributed by atoms with Gasteiger partial charge in [0.1, 0.15) is 0 Å². The van der Waals surface area contributed by atoms with E-state index in [-0.39, 0.29) is 10.8 Å². The summed E-state index contributed by atoms with van der Waals surface area (Å²) in [4.78, 5) is 9.98. The molecule has 0 bridgehead atoms. The van der Waals surface area contributed by atoms with Gasteiger partial charge in [0.05, 0.1) is 11.4 Å². The molecule has 0 spiro atoms. The Balaban J connectivity index is 0.927. The smallest absolute Gasteiger partial charge is 0.0702 e. The molecule has 0 amide bonds. The maximum absolute atomic E-state index is 5.24. The van der Waals surface area contributed by atoms with E-state index in [1.54, 1.807) is 11.1 Å². The summed E-state index contributed by atoms with van der Waals surface area (Å²) in [5.41, 5.74) is 26.6. The molecule has 2 aliphatic rings. The van der Waals surface area contributed by atoms with E-state index in [1.807, 2.05) is 6.20 Å². The Morgan fingerprint density at radius 1 is 0.250 bits per heavy atom. The molecule has 438 valence electrons. The summed E-state index contributed by atoms with van der Waals surface area (Å²) in [6, 6.07) is 56.9. The van der Waals surface area contributed by atoms with Crippen molar-refractivity contribution in [2.45, 2.75) is 232 Å². The third-order valence-corrected chi connectivity index (χ3v) is 19.7. The number of aromatic nitrogens is 2. The molecule has 0 unspecified atom stereocenters. The van der Waals surface area contributed by atoms with Gasteiger partial charge in [-0.2, -0.15) is 0 Å². The van der Waals surface area contributed by atoms with Crippen LogP contribution in [0, 0.1) is 13.8 Å². The summed E-state index contributed by atoms with van der Waals surface area (Å²) in [6.07, 6.45) is 40.6. The predicted octanol–water partition coefficient (Wildman–Crippen LogP) is 25.0. The molecule has 2 nitrogen and oxygen atoms in total. The number of pyridine rings is 2. The monoisotopic (exact) mass is 1110 g/mol. The number of hydrogen-bond acceptors (Lipinski definition) is 2. The van der Waals surface area contributed by atoms with Crippen molar-refractivity contribution in [2.75, 3.05) is 0 Å². The van der Waals surface area contributed by atoms with Crippen LogP contribution in [0.2, 0.25) is 0 Å². The highest BCUT2D eigenvalue weighted by Gasteiger charge is 2.44. The highest BCUT2D eigenvalue weighted by molar-refractivity contribution is 5.87. The van der Waals surface area contributed by atoms with E-state index < -0.39 is 0 Å². The number of nitrogens with zero attached hydrogens (tertiary/aromatic N) is 2. The molecule has 2 heterocycles. The fourth-order valence-corrected chi connectivity index (χ4v) is 14.8. The van der Waals surface area contributed by atoms with Crippen molar-refractivity contribution in [1.29, 1.82) is 0 Å². The van der Waals surface area contributed by atoms with Crippen molar-refractivity contribution in [3.8, 4) is 78.1 Å². The molecule has 84 heavy (non-hydrogen) atoms. The molecule has 0 atom stereocenters. The second-order valence-electron chi connectivity index (χ2n) is 25.9. The average molecular weight is 1110 g/mol. The topological polar surface area (TPSA) is 25.8 Å². The molecule has 2 aromatic heterocycles. The zero-order valence-electron chi connectivity index (χ0n) is 52.7. The van der Waals surface area contributed by atoms with Gasteiger partial charge in [0, 0.05) is 39.9 Å². The van der Waals surface area contributed by atoms with E-state index in [9.17, 15) is 0 Å². The van der Waals surface area contributed by atoms with Gasteiger partial charge in [-0.3, -0.25) is 9.97 Å². The summed E-state index contributed by atoms with van der Waals surface area (Å²) in [7, 11) is 0. The van der Waals surface area contributed by atoms with Gasteiger partial charge in [0.2, 0.25) is 0 Å². The molecule has 2 aliphatic carbocycles. The number of benzene rings is 6. The molecule has 0 aliphatic heterocycles.